The number of hydrogen-bond donors (Lipinski definition) is 5. The number of hydrogen-bond acceptors (Lipinski definition) is 7. The van der Waals surface area contributed by atoms with Crippen LogP contribution in [0.15, 0.2) is 42.5 Å². The summed E-state index contributed by atoms with van der Waals surface area (Å²) < 4.78 is 77.6. The second-order valence-corrected chi connectivity index (χ2v) is 10.1. The van der Waals surface area contributed by atoms with Crippen LogP contribution in [0.2, 0.25) is 0 Å². The molecule has 1 heterocycles. The topological polar surface area (TPSA) is 105 Å². The highest BCUT2D eigenvalue weighted by molar-refractivity contribution is 8.49. The molecule has 0 radical (unpaired) electrons. The first-order chi connectivity index (χ1) is 12.5. The zero-order valence-electron chi connectivity index (χ0n) is 15.0. The van der Waals surface area contributed by atoms with E-state index in [9.17, 15) is 27.0 Å². The molecule has 1 aliphatic rings. The van der Waals surface area contributed by atoms with Crippen molar-refractivity contribution < 1.29 is 31.7 Å². The Balaban J connectivity index is 0.00000280. The van der Waals surface area contributed by atoms with E-state index in [0.29, 0.717) is 10.8 Å². The van der Waals surface area contributed by atoms with Gasteiger partial charge in [-0.15, -0.1) is 12.4 Å². The molecule has 0 aromatic heterocycles. The Morgan fingerprint density at radius 1 is 1.07 bits per heavy atom. The van der Waals surface area contributed by atoms with Gasteiger partial charge in [-0.2, -0.15) is 0 Å². The zero-order valence-corrected chi connectivity index (χ0v) is 16.6. The quantitative estimate of drug-likeness (QED) is 0.420. The van der Waals surface area contributed by atoms with E-state index in [1.54, 1.807) is 7.05 Å². The van der Waals surface area contributed by atoms with Crippen molar-refractivity contribution in [2.75, 3.05) is 17.9 Å². The van der Waals surface area contributed by atoms with Crippen LogP contribution in [0, 0.1) is 11.6 Å². The van der Waals surface area contributed by atoms with Crippen LogP contribution in [0.25, 0.3) is 0 Å². The third-order valence-corrected chi connectivity index (χ3v) is 7.12. The number of ether oxygens (including phenoxy) is 1. The minimum atomic E-state index is -7.17. The minimum absolute atomic E-state index is 0. The van der Waals surface area contributed by atoms with E-state index in [0.717, 1.165) is 30.3 Å². The Kier molecular flexibility index (Phi) is 5.65. The molecule has 0 saturated carbocycles. The van der Waals surface area contributed by atoms with Crippen LogP contribution >= 0.6 is 22.0 Å². The van der Waals surface area contributed by atoms with Crippen LogP contribution in [-0.2, 0) is 0 Å². The smallest absolute Gasteiger partial charge is 0.209 e. The van der Waals surface area contributed by atoms with E-state index < -0.39 is 32.4 Å². The highest BCUT2D eigenvalue weighted by atomic mass is 35.5. The van der Waals surface area contributed by atoms with Gasteiger partial charge in [0.1, 0.15) is 27.0 Å². The predicted octanol–water partition coefficient (Wildman–Crippen LogP) is 4.93. The number of benzene rings is 2. The Bertz CT molecular complexity index is 880. The number of halogens is 3. The molecule has 1 unspecified atom stereocenters. The molecule has 3 rings (SSSR count). The average molecular weight is 441 g/mol. The summed E-state index contributed by atoms with van der Waals surface area (Å²) in [6, 6.07) is 7.90. The summed E-state index contributed by atoms with van der Waals surface area (Å²) in [6.07, 6.45) is 0.0719. The van der Waals surface area contributed by atoms with E-state index in [1.165, 1.54) is 12.1 Å². The maximum absolute atomic E-state index is 14.5. The summed E-state index contributed by atoms with van der Waals surface area (Å²) in [4.78, 5) is 0. The number of nitrogens with zero attached hydrogens (tertiary/aromatic N) is 1. The molecule has 2 aromatic rings. The lowest BCUT2D eigenvalue weighted by atomic mass is 10.2. The third-order valence-electron chi connectivity index (χ3n) is 4.36. The van der Waals surface area contributed by atoms with E-state index in [4.69, 9.17) is 4.74 Å². The molecule has 11 heteroatoms. The van der Waals surface area contributed by atoms with Crippen molar-refractivity contribution in [3.63, 3.8) is 0 Å². The van der Waals surface area contributed by atoms with Crippen molar-refractivity contribution in [2.45, 2.75) is 18.3 Å². The molecule has 5 N–H and O–H groups in total. The van der Waals surface area contributed by atoms with Gasteiger partial charge in [-0.3, -0.25) is 18.2 Å². The lowest BCUT2D eigenvalue weighted by Crippen LogP contribution is -2.60. The standard InChI is InChI=1S/C17H22F2N2O5S.ClH/c1-20-10-4-7-17-26-16-11-12(18)8-9-15(16)21(27(17,22,23,24)25)14-6-3-2-5-13(14)19;/h2-3,5-6,8-9,11,17,20,22-25H,4,7,10H2,1H3;1H. The summed E-state index contributed by atoms with van der Waals surface area (Å²) >= 11 is 0. The largest absolute Gasteiger partial charge is 0.470 e. The second-order valence-electron chi connectivity index (χ2n) is 6.49. The molecule has 0 spiro atoms. The summed E-state index contributed by atoms with van der Waals surface area (Å²) in [6.45, 7) is 0.420. The molecule has 0 fully saturated rings. The number of para-hydroxylation sites is 1. The molecule has 0 amide bonds. The Morgan fingerprint density at radius 3 is 2.39 bits per heavy atom. The molecule has 1 aliphatic heterocycles. The highest BCUT2D eigenvalue weighted by Gasteiger charge is 2.68. The third kappa shape index (κ3) is 3.77. The van der Waals surface area contributed by atoms with Crippen molar-refractivity contribution in [3.8, 4) is 5.75 Å². The van der Waals surface area contributed by atoms with Crippen molar-refractivity contribution >= 4 is 33.4 Å². The summed E-state index contributed by atoms with van der Waals surface area (Å²) in [5.41, 5.74) is -2.74. The van der Waals surface area contributed by atoms with Crippen LogP contribution in [0.1, 0.15) is 12.8 Å². The van der Waals surface area contributed by atoms with Crippen molar-refractivity contribution in [1.82, 2.24) is 5.32 Å². The molecular formula is C17H23ClF2N2O5S. The van der Waals surface area contributed by atoms with E-state index in [1.807, 2.05) is 0 Å². The second kappa shape index (κ2) is 6.99. The molecule has 0 aliphatic carbocycles. The maximum Gasteiger partial charge on any atom is 0.209 e. The van der Waals surface area contributed by atoms with Crippen LogP contribution in [0.3, 0.4) is 0 Å². The first-order valence-electron chi connectivity index (χ1n) is 8.24. The lowest BCUT2D eigenvalue weighted by molar-refractivity contribution is 0.114. The number of rotatable bonds is 5. The monoisotopic (exact) mass is 440 g/mol. The first kappa shape index (κ1) is 22.6. The zero-order chi connectivity index (χ0) is 19.9. The lowest BCUT2D eigenvalue weighted by Gasteiger charge is -2.72. The van der Waals surface area contributed by atoms with Gasteiger partial charge in [-0.25, -0.2) is 13.1 Å². The van der Waals surface area contributed by atoms with Crippen LogP contribution in [0.4, 0.5) is 20.2 Å². The molecule has 7 nitrogen and oxygen atoms in total. The van der Waals surface area contributed by atoms with Gasteiger partial charge in [0.25, 0.3) is 0 Å². The van der Waals surface area contributed by atoms with E-state index >= 15 is 0 Å². The van der Waals surface area contributed by atoms with Gasteiger partial charge < -0.3 is 10.1 Å². The minimum Gasteiger partial charge on any atom is -0.470 e. The number of fused-ring (bicyclic) bond motifs is 1. The summed E-state index contributed by atoms with van der Waals surface area (Å²) in [7, 11) is -5.50. The Labute approximate surface area is 166 Å². The normalized spacial score (nSPS) is 23.7. The number of nitrogens with one attached hydrogen (secondary N) is 1. The molecule has 0 saturated heterocycles. The molecule has 158 valence electrons. The van der Waals surface area contributed by atoms with Crippen LogP contribution in [0.5, 0.6) is 5.75 Å². The van der Waals surface area contributed by atoms with Gasteiger partial charge in [-0.05, 0) is 44.3 Å². The van der Waals surface area contributed by atoms with Crippen molar-refractivity contribution in [1.29, 1.82) is 0 Å². The number of anilines is 2. The van der Waals surface area contributed by atoms with Crippen molar-refractivity contribution in [2.24, 2.45) is 0 Å². The summed E-state index contributed by atoms with van der Waals surface area (Å²) in [5.74, 6) is -1.78. The van der Waals surface area contributed by atoms with Crippen LogP contribution in [-0.4, -0.2) is 37.2 Å². The SMILES string of the molecule is CNCCCC1Oc2cc(F)ccc2N(c2ccccc2F)S1(O)(O)(O)O.Cl. The fourth-order valence-electron chi connectivity index (χ4n) is 3.10. The van der Waals surface area contributed by atoms with E-state index in [-0.39, 0.29) is 36.7 Å². The molecule has 1 atom stereocenters. The van der Waals surface area contributed by atoms with Gasteiger partial charge in [-0.1, -0.05) is 12.1 Å². The first-order valence-corrected chi connectivity index (χ1v) is 10.5. The maximum atomic E-state index is 14.5. The Hall–Kier alpha value is -1.66. The summed E-state index contributed by atoms with van der Waals surface area (Å²) in [5, 5.41) is 2.84. The van der Waals surface area contributed by atoms with Gasteiger partial charge in [0.05, 0.1) is 11.4 Å². The van der Waals surface area contributed by atoms with Gasteiger partial charge in [0.2, 0.25) is 5.44 Å². The van der Waals surface area contributed by atoms with Gasteiger partial charge in [0.15, 0.2) is 0 Å². The molecule has 2 aromatic carbocycles. The Morgan fingerprint density at radius 2 is 1.75 bits per heavy atom. The van der Waals surface area contributed by atoms with Gasteiger partial charge in [0, 0.05) is 12.5 Å². The van der Waals surface area contributed by atoms with Crippen molar-refractivity contribution in [3.05, 3.63) is 54.1 Å². The predicted molar refractivity (Wildman–Crippen MR) is 108 cm³/mol. The van der Waals surface area contributed by atoms with E-state index in [2.05, 4.69) is 5.32 Å². The highest BCUT2D eigenvalue weighted by Crippen LogP contribution is 2.87. The fourth-order valence-corrected chi connectivity index (χ4v) is 5.57. The van der Waals surface area contributed by atoms with Crippen LogP contribution < -0.4 is 14.4 Å². The molecule has 28 heavy (non-hydrogen) atoms. The fraction of sp³-hybridized carbons (Fsp3) is 0.294. The van der Waals surface area contributed by atoms with Gasteiger partial charge >= 0.3 is 0 Å². The molecule has 0 bridgehead atoms. The average Bonchev–Trinajstić information content (AvgIpc) is 2.56. The molecular weight excluding hydrogens is 418 g/mol.